The minimum atomic E-state index is -3.49. The number of ether oxygens (including phenoxy) is 1. The van der Waals surface area contributed by atoms with Gasteiger partial charge in [-0.2, -0.15) is 4.31 Å². The molecule has 0 saturated carbocycles. The first-order chi connectivity index (χ1) is 14.0. The fourth-order valence-corrected chi connectivity index (χ4v) is 5.25. The molecule has 9 heteroatoms. The highest BCUT2D eigenvalue weighted by Crippen LogP contribution is 2.22. The van der Waals surface area contributed by atoms with E-state index in [2.05, 4.69) is 9.97 Å². The molecule has 0 bridgehead atoms. The van der Waals surface area contributed by atoms with Gasteiger partial charge in [0.1, 0.15) is 6.10 Å². The van der Waals surface area contributed by atoms with Gasteiger partial charge in [0.15, 0.2) is 0 Å². The van der Waals surface area contributed by atoms with Gasteiger partial charge in [0.05, 0.1) is 17.6 Å². The number of nitrogens with zero attached hydrogens (tertiary/aromatic N) is 4. The third kappa shape index (κ3) is 4.40. The summed E-state index contributed by atoms with van der Waals surface area (Å²) < 4.78 is 32.8. The first-order valence-electron chi connectivity index (χ1n) is 9.86. The highest BCUT2D eigenvalue weighted by Gasteiger charge is 2.30. The average Bonchev–Trinajstić information content (AvgIpc) is 3.23. The lowest BCUT2D eigenvalue weighted by Crippen LogP contribution is -2.35. The largest absolute Gasteiger partial charge is 0.471 e. The molecule has 2 fully saturated rings. The number of rotatable bonds is 5. The number of carbonyl (C=O) groups excluding carboxylic acids is 1. The number of amides is 1. The van der Waals surface area contributed by atoms with E-state index in [1.165, 1.54) is 16.4 Å². The molecule has 2 aliphatic heterocycles. The van der Waals surface area contributed by atoms with Crippen LogP contribution in [0.3, 0.4) is 0 Å². The van der Waals surface area contributed by atoms with Crippen LogP contribution in [-0.2, 0) is 10.0 Å². The fraction of sp³-hybridized carbons (Fsp3) is 0.450. The SMILES string of the molecule is O=C(c1ccc(S(=O)(=O)N2CCCCC2)cc1)N1CCC(Oc2cnccn2)C1. The first-order valence-corrected chi connectivity index (χ1v) is 11.3. The van der Waals surface area contributed by atoms with Crippen molar-refractivity contribution in [2.45, 2.75) is 36.7 Å². The van der Waals surface area contributed by atoms with Gasteiger partial charge in [-0.25, -0.2) is 13.4 Å². The highest BCUT2D eigenvalue weighted by atomic mass is 32.2. The van der Waals surface area contributed by atoms with Crippen LogP contribution >= 0.6 is 0 Å². The summed E-state index contributed by atoms with van der Waals surface area (Å²) in [5.41, 5.74) is 0.475. The molecular weight excluding hydrogens is 392 g/mol. The van der Waals surface area contributed by atoms with Gasteiger partial charge in [-0.3, -0.25) is 9.78 Å². The molecule has 1 aromatic heterocycles. The van der Waals surface area contributed by atoms with Crippen molar-refractivity contribution >= 4 is 15.9 Å². The molecule has 2 aromatic rings. The summed E-state index contributed by atoms with van der Waals surface area (Å²) >= 11 is 0. The molecule has 0 aliphatic carbocycles. The van der Waals surface area contributed by atoms with E-state index in [1.807, 2.05) is 0 Å². The number of hydrogen-bond donors (Lipinski definition) is 0. The molecule has 8 nitrogen and oxygen atoms in total. The molecule has 2 aliphatic rings. The number of piperidine rings is 1. The molecule has 1 unspecified atom stereocenters. The van der Waals surface area contributed by atoms with Crippen molar-refractivity contribution in [3.8, 4) is 5.88 Å². The van der Waals surface area contributed by atoms with Gasteiger partial charge >= 0.3 is 0 Å². The van der Waals surface area contributed by atoms with Crippen LogP contribution in [-0.4, -0.2) is 65.8 Å². The molecule has 1 aromatic carbocycles. The molecule has 3 heterocycles. The number of likely N-dealkylation sites (tertiary alicyclic amines) is 1. The summed E-state index contributed by atoms with van der Waals surface area (Å²) in [6, 6.07) is 6.24. The van der Waals surface area contributed by atoms with Gasteiger partial charge in [0.25, 0.3) is 5.91 Å². The van der Waals surface area contributed by atoms with E-state index in [0.29, 0.717) is 44.0 Å². The Bertz CT molecular complexity index is 944. The molecule has 2 saturated heterocycles. The molecule has 0 radical (unpaired) electrons. The van der Waals surface area contributed by atoms with E-state index >= 15 is 0 Å². The van der Waals surface area contributed by atoms with E-state index in [-0.39, 0.29) is 16.9 Å². The number of benzene rings is 1. The normalized spacial score (nSPS) is 20.6. The van der Waals surface area contributed by atoms with E-state index < -0.39 is 10.0 Å². The number of aromatic nitrogens is 2. The predicted octanol–water partition coefficient (Wildman–Crippen LogP) is 1.94. The number of carbonyl (C=O) groups is 1. The Balaban J connectivity index is 1.39. The lowest BCUT2D eigenvalue weighted by atomic mass is 10.2. The Hall–Kier alpha value is -2.52. The van der Waals surface area contributed by atoms with E-state index in [1.54, 1.807) is 35.6 Å². The minimum Gasteiger partial charge on any atom is -0.471 e. The van der Waals surface area contributed by atoms with Crippen molar-refractivity contribution < 1.29 is 17.9 Å². The zero-order valence-electron chi connectivity index (χ0n) is 16.1. The third-order valence-electron chi connectivity index (χ3n) is 5.31. The molecule has 0 N–H and O–H groups in total. The topological polar surface area (TPSA) is 92.7 Å². The van der Waals surface area contributed by atoms with Crippen LogP contribution in [0, 0.1) is 0 Å². The lowest BCUT2D eigenvalue weighted by molar-refractivity contribution is 0.0771. The molecule has 154 valence electrons. The molecule has 1 amide bonds. The predicted molar refractivity (Wildman–Crippen MR) is 106 cm³/mol. The number of sulfonamides is 1. The van der Waals surface area contributed by atoms with Gasteiger partial charge in [-0.1, -0.05) is 6.42 Å². The second-order valence-electron chi connectivity index (χ2n) is 7.31. The summed E-state index contributed by atoms with van der Waals surface area (Å²) in [5, 5.41) is 0. The average molecular weight is 417 g/mol. The summed E-state index contributed by atoms with van der Waals surface area (Å²) in [5.74, 6) is 0.316. The maximum absolute atomic E-state index is 12.8. The lowest BCUT2D eigenvalue weighted by Gasteiger charge is -2.26. The summed E-state index contributed by atoms with van der Waals surface area (Å²) in [7, 11) is -3.49. The van der Waals surface area contributed by atoms with Crippen LogP contribution in [0.1, 0.15) is 36.0 Å². The Kier molecular flexibility index (Phi) is 5.77. The Morgan fingerprint density at radius 3 is 2.48 bits per heavy atom. The van der Waals surface area contributed by atoms with Crippen molar-refractivity contribution in [3.05, 3.63) is 48.4 Å². The Morgan fingerprint density at radius 2 is 1.79 bits per heavy atom. The molecule has 0 spiro atoms. The smallest absolute Gasteiger partial charge is 0.253 e. The Labute approximate surface area is 170 Å². The standard InChI is InChI=1S/C20H24N4O4S/c25-20(23-13-8-17(15-23)28-19-14-21-9-10-22-19)16-4-6-18(7-5-16)29(26,27)24-11-2-1-3-12-24/h4-7,9-10,14,17H,1-3,8,11-13,15H2. The van der Waals surface area contributed by atoms with Crippen molar-refractivity contribution in [1.82, 2.24) is 19.2 Å². The van der Waals surface area contributed by atoms with Crippen LogP contribution in [0.2, 0.25) is 0 Å². The molecular formula is C20H24N4O4S. The van der Waals surface area contributed by atoms with Gasteiger partial charge in [-0.05, 0) is 37.1 Å². The minimum absolute atomic E-state index is 0.128. The molecule has 1 atom stereocenters. The van der Waals surface area contributed by atoms with Crippen LogP contribution in [0.25, 0.3) is 0 Å². The second-order valence-corrected chi connectivity index (χ2v) is 9.25. The second kappa shape index (κ2) is 8.46. The van der Waals surface area contributed by atoms with Crippen molar-refractivity contribution in [2.75, 3.05) is 26.2 Å². The molecule has 29 heavy (non-hydrogen) atoms. The monoisotopic (exact) mass is 416 g/mol. The van der Waals surface area contributed by atoms with Gasteiger partial charge < -0.3 is 9.64 Å². The summed E-state index contributed by atoms with van der Waals surface area (Å²) in [6.45, 7) is 2.16. The van der Waals surface area contributed by atoms with Crippen LogP contribution in [0.4, 0.5) is 0 Å². The highest BCUT2D eigenvalue weighted by molar-refractivity contribution is 7.89. The van der Waals surface area contributed by atoms with Gasteiger partial charge in [-0.15, -0.1) is 0 Å². The van der Waals surface area contributed by atoms with Crippen LogP contribution < -0.4 is 4.74 Å². The van der Waals surface area contributed by atoms with Gasteiger partial charge in [0, 0.05) is 44.0 Å². The summed E-state index contributed by atoms with van der Waals surface area (Å²) in [6.07, 6.45) is 8.12. The Morgan fingerprint density at radius 1 is 1.03 bits per heavy atom. The first kappa shape index (κ1) is 19.8. The van der Waals surface area contributed by atoms with Crippen LogP contribution in [0.15, 0.2) is 47.8 Å². The van der Waals surface area contributed by atoms with E-state index in [0.717, 1.165) is 19.3 Å². The van der Waals surface area contributed by atoms with Crippen molar-refractivity contribution in [3.63, 3.8) is 0 Å². The zero-order valence-corrected chi connectivity index (χ0v) is 16.9. The van der Waals surface area contributed by atoms with E-state index in [9.17, 15) is 13.2 Å². The number of hydrogen-bond acceptors (Lipinski definition) is 6. The maximum atomic E-state index is 12.8. The fourth-order valence-electron chi connectivity index (χ4n) is 3.73. The quantitative estimate of drug-likeness (QED) is 0.740. The third-order valence-corrected chi connectivity index (χ3v) is 7.23. The zero-order chi connectivity index (χ0) is 20.3. The maximum Gasteiger partial charge on any atom is 0.253 e. The van der Waals surface area contributed by atoms with Crippen molar-refractivity contribution in [2.24, 2.45) is 0 Å². The van der Waals surface area contributed by atoms with E-state index in [4.69, 9.17) is 4.74 Å². The molecule has 4 rings (SSSR count). The van der Waals surface area contributed by atoms with Crippen molar-refractivity contribution in [1.29, 1.82) is 0 Å². The summed E-state index contributed by atoms with van der Waals surface area (Å²) in [4.78, 5) is 22.8. The van der Waals surface area contributed by atoms with Crippen LogP contribution in [0.5, 0.6) is 5.88 Å². The van der Waals surface area contributed by atoms with Gasteiger partial charge in [0.2, 0.25) is 15.9 Å².